The summed E-state index contributed by atoms with van der Waals surface area (Å²) in [5, 5.41) is 10.6. The third-order valence-electron chi connectivity index (χ3n) is 2.94. The first-order valence-electron chi connectivity index (χ1n) is 6.19. The van der Waals surface area contributed by atoms with Crippen LogP contribution in [0, 0.1) is 0 Å². The van der Waals surface area contributed by atoms with Gasteiger partial charge in [0.15, 0.2) is 0 Å². The van der Waals surface area contributed by atoms with Crippen molar-refractivity contribution in [3.05, 3.63) is 24.3 Å². The van der Waals surface area contributed by atoms with Crippen LogP contribution in [0.15, 0.2) is 34.6 Å². The Morgan fingerprint density at radius 2 is 1.65 bits per heavy atom. The zero-order valence-corrected chi connectivity index (χ0v) is 10.3. The van der Waals surface area contributed by atoms with Gasteiger partial charge >= 0.3 is 0 Å². The Hall–Kier alpha value is -1.58. The lowest BCUT2D eigenvalue weighted by Gasteiger charge is -2.13. The molecule has 0 radical (unpaired) electrons. The Kier molecular flexibility index (Phi) is 4.36. The molecule has 4 nitrogen and oxygen atoms in total. The zero-order valence-electron chi connectivity index (χ0n) is 10.3. The average molecular weight is 233 g/mol. The van der Waals surface area contributed by atoms with Gasteiger partial charge in [-0.15, -0.1) is 5.11 Å². The molecule has 17 heavy (non-hydrogen) atoms. The van der Waals surface area contributed by atoms with Crippen molar-refractivity contribution in [3.63, 3.8) is 0 Å². The van der Waals surface area contributed by atoms with Crippen molar-refractivity contribution in [3.8, 4) is 5.75 Å². The number of hydrogen-bond donors (Lipinski definition) is 0. The minimum Gasteiger partial charge on any atom is -0.497 e. The standard InChI is InChI=1S/C13H19N3O/c1-17-13-8-6-12(7-9-13)14-15-16-10-4-2-3-5-11-16/h6-9H,2-5,10-11H2,1H3. The van der Waals surface area contributed by atoms with Crippen molar-refractivity contribution in [2.24, 2.45) is 10.3 Å². The first-order valence-corrected chi connectivity index (χ1v) is 6.19. The highest BCUT2D eigenvalue weighted by Gasteiger charge is 2.05. The van der Waals surface area contributed by atoms with Gasteiger partial charge in [0.1, 0.15) is 5.75 Å². The van der Waals surface area contributed by atoms with Crippen LogP contribution in [-0.4, -0.2) is 25.2 Å². The third-order valence-corrected chi connectivity index (χ3v) is 2.94. The van der Waals surface area contributed by atoms with Crippen molar-refractivity contribution in [2.75, 3.05) is 20.2 Å². The Morgan fingerprint density at radius 1 is 1.00 bits per heavy atom. The summed E-state index contributed by atoms with van der Waals surface area (Å²) in [5.41, 5.74) is 0.870. The van der Waals surface area contributed by atoms with Gasteiger partial charge in [-0.25, -0.2) is 0 Å². The average Bonchev–Trinajstić information content (AvgIpc) is 2.65. The van der Waals surface area contributed by atoms with Gasteiger partial charge in [-0.05, 0) is 37.1 Å². The summed E-state index contributed by atoms with van der Waals surface area (Å²) < 4.78 is 5.10. The topological polar surface area (TPSA) is 37.2 Å². The van der Waals surface area contributed by atoms with Crippen molar-refractivity contribution in [1.82, 2.24) is 5.01 Å². The fraction of sp³-hybridized carbons (Fsp3) is 0.538. The van der Waals surface area contributed by atoms with Gasteiger partial charge in [0, 0.05) is 13.1 Å². The van der Waals surface area contributed by atoms with E-state index in [0.29, 0.717) is 0 Å². The molecule has 1 aromatic rings. The molecular formula is C13H19N3O. The Balaban J connectivity index is 1.93. The molecule has 1 aromatic carbocycles. The second-order valence-corrected chi connectivity index (χ2v) is 4.26. The van der Waals surface area contributed by atoms with E-state index in [-0.39, 0.29) is 0 Å². The van der Waals surface area contributed by atoms with Gasteiger partial charge in [0.2, 0.25) is 0 Å². The molecule has 0 N–H and O–H groups in total. The maximum Gasteiger partial charge on any atom is 0.119 e. The third kappa shape index (κ3) is 3.73. The van der Waals surface area contributed by atoms with E-state index in [1.54, 1.807) is 7.11 Å². The highest BCUT2D eigenvalue weighted by molar-refractivity contribution is 5.40. The van der Waals surface area contributed by atoms with Crippen molar-refractivity contribution in [1.29, 1.82) is 0 Å². The lowest BCUT2D eigenvalue weighted by atomic mass is 10.2. The molecule has 0 saturated carbocycles. The van der Waals surface area contributed by atoms with Crippen LogP contribution in [0.2, 0.25) is 0 Å². The molecule has 2 rings (SSSR count). The minimum absolute atomic E-state index is 0.846. The van der Waals surface area contributed by atoms with E-state index in [4.69, 9.17) is 4.74 Å². The predicted octanol–water partition coefficient (Wildman–Crippen LogP) is 3.57. The second-order valence-electron chi connectivity index (χ2n) is 4.26. The van der Waals surface area contributed by atoms with Gasteiger partial charge in [-0.2, -0.15) is 0 Å². The molecule has 0 spiro atoms. The molecule has 92 valence electrons. The van der Waals surface area contributed by atoms with Gasteiger partial charge < -0.3 is 4.74 Å². The molecule has 0 atom stereocenters. The summed E-state index contributed by atoms with van der Waals surface area (Å²) >= 11 is 0. The zero-order chi connectivity index (χ0) is 11.9. The Labute approximate surface area is 102 Å². The molecule has 1 heterocycles. The molecule has 1 aliphatic rings. The van der Waals surface area contributed by atoms with Crippen LogP contribution < -0.4 is 4.74 Å². The molecule has 4 heteroatoms. The van der Waals surface area contributed by atoms with Gasteiger partial charge in [0.05, 0.1) is 12.8 Å². The van der Waals surface area contributed by atoms with Crippen LogP contribution >= 0.6 is 0 Å². The van der Waals surface area contributed by atoms with E-state index in [2.05, 4.69) is 15.3 Å². The molecular weight excluding hydrogens is 214 g/mol. The fourth-order valence-electron chi connectivity index (χ4n) is 1.91. The molecule has 0 bridgehead atoms. The van der Waals surface area contributed by atoms with Crippen LogP contribution in [0.3, 0.4) is 0 Å². The van der Waals surface area contributed by atoms with Crippen LogP contribution in [0.5, 0.6) is 5.75 Å². The monoisotopic (exact) mass is 233 g/mol. The molecule has 0 unspecified atom stereocenters. The number of nitrogens with zero attached hydrogens (tertiary/aromatic N) is 3. The molecule has 0 aliphatic carbocycles. The molecule has 1 aliphatic heterocycles. The fourth-order valence-corrected chi connectivity index (χ4v) is 1.91. The number of methoxy groups -OCH3 is 1. The maximum atomic E-state index is 5.10. The quantitative estimate of drug-likeness (QED) is 0.748. The lowest BCUT2D eigenvalue weighted by molar-refractivity contribution is 0.281. The SMILES string of the molecule is COc1ccc(N=NN2CCCCCC2)cc1. The van der Waals surface area contributed by atoms with Crippen LogP contribution in [0.4, 0.5) is 5.69 Å². The van der Waals surface area contributed by atoms with E-state index < -0.39 is 0 Å². The van der Waals surface area contributed by atoms with Gasteiger partial charge in [0.25, 0.3) is 0 Å². The molecule has 1 saturated heterocycles. The van der Waals surface area contributed by atoms with Crippen molar-refractivity contribution >= 4 is 5.69 Å². The first-order chi connectivity index (χ1) is 8.38. The first kappa shape index (κ1) is 11.9. The summed E-state index contributed by atoms with van der Waals surface area (Å²) in [4.78, 5) is 0. The number of ether oxygens (including phenoxy) is 1. The molecule has 0 aromatic heterocycles. The number of benzene rings is 1. The molecule has 0 amide bonds. The normalized spacial score (nSPS) is 17.1. The Bertz CT molecular complexity index is 353. The summed E-state index contributed by atoms with van der Waals surface area (Å²) in [6, 6.07) is 7.63. The van der Waals surface area contributed by atoms with E-state index >= 15 is 0 Å². The summed E-state index contributed by atoms with van der Waals surface area (Å²) in [5.74, 6) is 0.846. The summed E-state index contributed by atoms with van der Waals surface area (Å²) in [7, 11) is 1.66. The smallest absolute Gasteiger partial charge is 0.119 e. The van der Waals surface area contributed by atoms with Crippen molar-refractivity contribution in [2.45, 2.75) is 25.7 Å². The van der Waals surface area contributed by atoms with Crippen LogP contribution in [0.1, 0.15) is 25.7 Å². The highest BCUT2D eigenvalue weighted by atomic mass is 16.5. The number of rotatable bonds is 3. The summed E-state index contributed by atoms with van der Waals surface area (Å²) in [6.07, 6.45) is 5.08. The Morgan fingerprint density at radius 3 is 2.24 bits per heavy atom. The van der Waals surface area contributed by atoms with Crippen LogP contribution in [-0.2, 0) is 0 Å². The van der Waals surface area contributed by atoms with E-state index in [1.807, 2.05) is 24.3 Å². The maximum absolute atomic E-state index is 5.10. The van der Waals surface area contributed by atoms with Crippen molar-refractivity contribution < 1.29 is 4.74 Å². The minimum atomic E-state index is 0.846. The van der Waals surface area contributed by atoms with Gasteiger partial charge in [-0.3, -0.25) is 5.01 Å². The van der Waals surface area contributed by atoms with E-state index in [1.165, 1.54) is 25.7 Å². The largest absolute Gasteiger partial charge is 0.497 e. The predicted molar refractivity (Wildman–Crippen MR) is 67.6 cm³/mol. The number of hydrogen-bond acceptors (Lipinski definition) is 3. The van der Waals surface area contributed by atoms with E-state index in [0.717, 1.165) is 24.5 Å². The second kappa shape index (κ2) is 6.23. The van der Waals surface area contributed by atoms with Crippen LogP contribution in [0.25, 0.3) is 0 Å². The van der Waals surface area contributed by atoms with E-state index in [9.17, 15) is 0 Å². The highest BCUT2D eigenvalue weighted by Crippen LogP contribution is 2.19. The molecule has 1 fully saturated rings. The summed E-state index contributed by atoms with van der Waals surface area (Å²) in [6.45, 7) is 2.05. The lowest BCUT2D eigenvalue weighted by Crippen LogP contribution is -2.16. The van der Waals surface area contributed by atoms with Gasteiger partial charge in [-0.1, -0.05) is 18.1 Å².